The number of aliphatic hydroxyl groups excluding tert-OH is 1. The Balaban J connectivity index is 1.62. The molecule has 4 N–H and O–H groups in total. The van der Waals surface area contributed by atoms with Gasteiger partial charge in [-0.1, -0.05) is 50.2 Å². The van der Waals surface area contributed by atoms with Crippen LogP contribution in [0, 0.1) is 11.8 Å². The van der Waals surface area contributed by atoms with Gasteiger partial charge in [0.1, 0.15) is 35.1 Å². The zero-order valence-corrected chi connectivity index (χ0v) is 27.2. The molecule has 2 amide bonds. The molecule has 0 radical (unpaired) electrons. The minimum atomic E-state index is -2.26. The quantitative estimate of drug-likeness (QED) is 0.273. The van der Waals surface area contributed by atoms with Gasteiger partial charge < -0.3 is 44.5 Å². The van der Waals surface area contributed by atoms with E-state index in [0.717, 1.165) is 0 Å². The lowest BCUT2D eigenvalue weighted by atomic mass is 9.75. The Labute approximate surface area is 274 Å². The second kappa shape index (κ2) is 12.3. The van der Waals surface area contributed by atoms with Gasteiger partial charge in [-0.3, -0.25) is 9.59 Å². The highest BCUT2D eigenvalue weighted by Gasteiger charge is 2.76. The van der Waals surface area contributed by atoms with E-state index in [1.807, 2.05) is 44.2 Å². The molecular weight excluding hydrogens is 604 g/mol. The highest BCUT2D eigenvalue weighted by molar-refractivity contribution is 5.86. The van der Waals surface area contributed by atoms with Crippen molar-refractivity contribution >= 4 is 11.8 Å². The van der Waals surface area contributed by atoms with Crippen molar-refractivity contribution in [3.05, 3.63) is 77.4 Å². The van der Waals surface area contributed by atoms with Crippen LogP contribution >= 0.6 is 0 Å². The molecule has 1 unspecified atom stereocenters. The fraction of sp³-hybridized carbons (Fsp3) is 0.444. The topological polar surface area (TPSA) is 147 Å². The number of phenols is 1. The molecule has 1 aliphatic carbocycles. The number of carbonyl (C=O) groups is 2. The van der Waals surface area contributed by atoms with Gasteiger partial charge >= 0.3 is 0 Å². The van der Waals surface area contributed by atoms with Crippen molar-refractivity contribution in [3.8, 4) is 28.7 Å². The highest BCUT2D eigenvalue weighted by Crippen LogP contribution is 2.68. The standard InChI is InChI=1S/C36H42N2O9/c1-6-20(2)32(40)37-28-13-10-16-38(28)33(41)31-29(21-11-8-7-9-12-21)36(22-14-15-25(45-4)24(39)17-22)34(42)35(31,43)30-26(46-5)18-23(44-3)19-27(30)47-36/h7-9,11-12,14-15,17-20,28-29,31,34,39,42-43H,6,10,13,16H2,1-5H3,(H,37,40)/t20?,28-,29+,31-,34+,35-,36-/m0/s1. The van der Waals surface area contributed by atoms with Crippen LogP contribution in [0.15, 0.2) is 60.7 Å². The fourth-order valence-corrected chi connectivity index (χ4v) is 7.69. The van der Waals surface area contributed by atoms with Gasteiger partial charge in [-0.2, -0.15) is 0 Å². The number of hydrogen-bond acceptors (Lipinski definition) is 9. The smallest absolute Gasteiger partial charge is 0.231 e. The van der Waals surface area contributed by atoms with Crippen molar-refractivity contribution in [1.82, 2.24) is 10.2 Å². The predicted octanol–water partition coefficient (Wildman–Crippen LogP) is 3.78. The molecule has 11 nitrogen and oxygen atoms in total. The molecule has 11 heteroatoms. The van der Waals surface area contributed by atoms with E-state index < -0.39 is 41.2 Å². The summed E-state index contributed by atoms with van der Waals surface area (Å²) < 4.78 is 23.5. The van der Waals surface area contributed by atoms with E-state index in [1.165, 1.54) is 27.4 Å². The van der Waals surface area contributed by atoms with E-state index in [9.17, 15) is 20.1 Å². The van der Waals surface area contributed by atoms with Gasteiger partial charge in [-0.05, 0) is 37.0 Å². The number of nitrogens with one attached hydrogen (secondary N) is 1. The third kappa shape index (κ3) is 4.86. The Morgan fingerprint density at radius 1 is 1.04 bits per heavy atom. The minimum absolute atomic E-state index is 0.109. The maximum Gasteiger partial charge on any atom is 0.231 e. The second-order valence-corrected chi connectivity index (χ2v) is 12.6. The number of benzene rings is 3. The molecule has 2 aliphatic heterocycles. The summed E-state index contributed by atoms with van der Waals surface area (Å²) in [6, 6.07) is 16.9. The first-order chi connectivity index (χ1) is 22.6. The first-order valence-corrected chi connectivity index (χ1v) is 16.0. The summed E-state index contributed by atoms with van der Waals surface area (Å²) in [5, 5.41) is 39.7. The van der Waals surface area contributed by atoms with Gasteiger partial charge in [0.25, 0.3) is 0 Å². The number of hydrogen-bond donors (Lipinski definition) is 4. The van der Waals surface area contributed by atoms with Gasteiger partial charge in [0.2, 0.25) is 11.8 Å². The van der Waals surface area contributed by atoms with Crippen LogP contribution in [0.1, 0.15) is 55.7 Å². The highest BCUT2D eigenvalue weighted by atomic mass is 16.5. The number of methoxy groups -OCH3 is 3. The number of aromatic hydroxyl groups is 1. The summed E-state index contributed by atoms with van der Waals surface area (Å²) in [7, 11) is 4.34. The SMILES string of the molecule is CCC(C)C(=O)N[C@@H]1CCCN1C(=O)[C@@H]1[C@@H](c2ccccc2)[C@]2(c3ccc(OC)c(O)c3)Oc3cc(OC)cc(OC)c3[C@@]1(O)[C@H]2O. The van der Waals surface area contributed by atoms with Crippen LogP contribution in [-0.2, 0) is 20.8 Å². The van der Waals surface area contributed by atoms with Crippen LogP contribution in [0.4, 0.5) is 0 Å². The minimum Gasteiger partial charge on any atom is -0.504 e. The average Bonchev–Trinajstić information content (AvgIpc) is 3.59. The number of likely N-dealkylation sites (tertiary alicyclic amines) is 1. The molecule has 2 heterocycles. The summed E-state index contributed by atoms with van der Waals surface area (Å²) in [5.74, 6) is -2.48. The van der Waals surface area contributed by atoms with Crippen LogP contribution in [0.3, 0.4) is 0 Å². The maximum atomic E-state index is 15.1. The van der Waals surface area contributed by atoms with Crippen molar-refractivity contribution < 1.29 is 43.9 Å². The molecule has 6 rings (SSSR count). The Hall–Kier alpha value is -4.48. The Bertz CT molecular complexity index is 1670. The van der Waals surface area contributed by atoms with Gasteiger partial charge in [0.05, 0.1) is 32.8 Å². The molecule has 3 aliphatic rings. The molecule has 250 valence electrons. The number of nitrogens with zero attached hydrogens (tertiary/aromatic N) is 1. The second-order valence-electron chi connectivity index (χ2n) is 12.6. The van der Waals surface area contributed by atoms with E-state index in [1.54, 1.807) is 29.2 Å². The van der Waals surface area contributed by atoms with Gasteiger partial charge in [-0.15, -0.1) is 0 Å². The van der Waals surface area contributed by atoms with E-state index >= 15 is 4.79 Å². The predicted molar refractivity (Wildman–Crippen MR) is 171 cm³/mol. The Morgan fingerprint density at radius 2 is 1.77 bits per heavy atom. The summed E-state index contributed by atoms with van der Waals surface area (Å²) in [5.41, 5.74) is -3.00. The molecule has 3 aromatic rings. The number of carbonyl (C=O) groups excluding carboxylic acids is 2. The molecular formula is C36H42N2O9. The lowest BCUT2D eigenvalue weighted by Gasteiger charge is -2.45. The molecule has 2 bridgehead atoms. The number of fused-ring (bicyclic) bond motifs is 4. The summed E-state index contributed by atoms with van der Waals surface area (Å²) in [6.07, 6.45) is -0.492. The Morgan fingerprint density at radius 3 is 2.40 bits per heavy atom. The summed E-state index contributed by atoms with van der Waals surface area (Å²) in [6.45, 7) is 4.11. The number of phenolic OH excluding ortho intramolecular Hbond substituents is 1. The first kappa shape index (κ1) is 32.5. The zero-order chi connectivity index (χ0) is 33.7. The van der Waals surface area contributed by atoms with E-state index in [4.69, 9.17) is 18.9 Å². The molecule has 7 atom stereocenters. The lowest BCUT2D eigenvalue weighted by Crippen LogP contribution is -2.56. The number of rotatable bonds is 9. The fourth-order valence-electron chi connectivity index (χ4n) is 7.69. The molecule has 0 aromatic heterocycles. The monoisotopic (exact) mass is 646 g/mol. The number of ether oxygens (including phenoxy) is 4. The maximum absolute atomic E-state index is 15.1. The van der Waals surface area contributed by atoms with E-state index in [0.29, 0.717) is 42.7 Å². The molecule has 0 spiro atoms. The summed E-state index contributed by atoms with van der Waals surface area (Å²) >= 11 is 0. The van der Waals surface area contributed by atoms with Crippen LogP contribution in [-0.4, -0.2) is 72.2 Å². The molecule has 47 heavy (non-hydrogen) atoms. The third-order valence-electron chi connectivity index (χ3n) is 10.2. The number of amides is 2. The lowest BCUT2D eigenvalue weighted by molar-refractivity contribution is -0.167. The first-order valence-electron chi connectivity index (χ1n) is 16.0. The largest absolute Gasteiger partial charge is 0.504 e. The van der Waals surface area contributed by atoms with Gasteiger partial charge in [0, 0.05) is 36.1 Å². The number of aliphatic hydroxyl groups is 2. The van der Waals surface area contributed by atoms with Crippen molar-refractivity contribution in [2.24, 2.45) is 11.8 Å². The van der Waals surface area contributed by atoms with Crippen LogP contribution in [0.2, 0.25) is 0 Å². The van der Waals surface area contributed by atoms with E-state index in [2.05, 4.69) is 5.32 Å². The van der Waals surface area contributed by atoms with Crippen LogP contribution in [0.5, 0.6) is 28.7 Å². The average molecular weight is 647 g/mol. The third-order valence-corrected chi connectivity index (χ3v) is 10.2. The molecule has 3 aromatic carbocycles. The van der Waals surface area contributed by atoms with Gasteiger partial charge in [0.15, 0.2) is 17.1 Å². The van der Waals surface area contributed by atoms with Gasteiger partial charge in [-0.25, -0.2) is 0 Å². The Kier molecular flexibility index (Phi) is 8.48. The van der Waals surface area contributed by atoms with Crippen LogP contribution < -0.4 is 24.3 Å². The van der Waals surface area contributed by atoms with Crippen molar-refractivity contribution in [2.45, 2.75) is 62.5 Å². The summed E-state index contributed by atoms with van der Waals surface area (Å²) in [4.78, 5) is 29.8. The normalized spacial score (nSPS) is 28.2. The molecule has 1 saturated carbocycles. The van der Waals surface area contributed by atoms with Crippen molar-refractivity contribution in [2.75, 3.05) is 27.9 Å². The zero-order valence-electron chi connectivity index (χ0n) is 27.2. The van der Waals surface area contributed by atoms with Crippen molar-refractivity contribution in [3.63, 3.8) is 0 Å². The van der Waals surface area contributed by atoms with Crippen LogP contribution in [0.25, 0.3) is 0 Å². The molecule has 2 fully saturated rings. The van der Waals surface area contributed by atoms with E-state index in [-0.39, 0.29) is 40.4 Å². The molecule has 1 saturated heterocycles. The van der Waals surface area contributed by atoms with Crippen molar-refractivity contribution in [1.29, 1.82) is 0 Å².